The highest BCUT2D eigenvalue weighted by atomic mass is 35.5. The zero-order chi connectivity index (χ0) is 16.4. The molecule has 5 heteroatoms. The van der Waals surface area contributed by atoms with Gasteiger partial charge in [-0.15, -0.1) is 0 Å². The SMILES string of the molecule is CCCCCC(CCc1ccccc1Cl)C(=O)ONC(C)=O. The topological polar surface area (TPSA) is 55.4 Å². The maximum absolute atomic E-state index is 12.1. The van der Waals surface area contributed by atoms with Gasteiger partial charge in [0.25, 0.3) is 0 Å². The maximum Gasteiger partial charge on any atom is 0.335 e. The molecular formula is C17H24ClNO3. The smallest absolute Gasteiger partial charge is 0.335 e. The minimum absolute atomic E-state index is 0.227. The van der Waals surface area contributed by atoms with E-state index < -0.39 is 0 Å². The van der Waals surface area contributed by atoms with Crippen molar-refractivity contribution >= 4 is 23.5 Å². The van der Waals surface area contributed by atoms with Crippen LogP contribution in [-0.4, -0.2) is 11.9 Å². The van der Waals surface area contributed by atoms with Crippen molar-refractivity contribution in [2.45, 2.75) is 52.4 Å². The van der Waals surface area contributed by atoms with Gasteiger partial charge in [-0.2, -0.15) is 5.48 Å². The molecule has 122 valence electrons. The lowest BCUT2D eigenvalue weighted by molar-refractivity contribution is -0.162. The molecule has 22 heavy (non-hydrogen) atoms. The van der Waals surface area contributed by atoms with Crippen LogP contribution in [0.5, 0.6) is 0 Å². The van der Waals surface area contributed by atoms with Crippen LogP contribution in [0.3, 0.4) is 0 Å². The second-order valence-corrected chi connectivity index (χ2v) is 5.81. The number of aryl methyl sites for hydroxylation is 1. The van der Waals surface area contributed by atoms with Crippen molar-refractivity contribution < 1.29 is 14.4 Å². The summed E-state index contributed by atoms with van der Waals surface area (Å²) in [6.07, 6.45) is 5.28. The second-order valence-electron chi connectivity index (χ2n) is 5.40. The monoisotopic (exact) mass is 325 g/mol. The summed E-state index contributed by atoms with van der Waals surface area (Å²) in [5.41, 5.74) is 3.14. The molecule has 1 atom stereocenters. The third kappa shape index (κ3) is 6.94. The van der Waals surface area contributed by atoms with E-state index in [1.807, 2.05) is 24.3 Å². The highest BCUT2D eigenvalue weighted by Crippen LogP contribution is 2.22. The van der Waals surface area contributed by atoms with Gasteiger partial charge in [-0.05, 0) is 30.9 Å². The summed E-state index contributed by atoms with van der Waals surface area (Å²) >= 11 is 6.14. The molecule has 4 nitrogen and oxygen atoms in total. The molecular weight excluding hydrogens is 302 g/mol. The molecule has 1 aromatic carbocycles. The summed E-state index contributed by atoms with van der Waals surface area (Å²) in [4.78, 5) is 27.8. The molecule has 0 fully saturated rings. The van der Waals surface area contributed by atoms with Crippen LogP contribution in [0.1, 0.15) is 51.5 Å². The Labute approximate surface area is 137 Å². The Hall–Kier alpha value is -1.55. The minimum atomic E-state index is -0.383. The number of amides is 1. The van der Waals surface area contributed by atoms with E-state index in [9.17, 15) is 9.59 Å². The van der Waals surface area contributed by atoms with Gasteiger partial charge in [-0.25, -0.2) is 4.79 Å². The molecule has 0 heterocycles. The van der Waals surface area contributed by atoms with Gasteiger partial charge in [-0.1, -0.05) is 56.0 Å². The van der Waals surface area contributed by atoms with E-state index >= 15 is 0 Å². The van der Waals surface area contributed by atoms with Gasteiger partial charge in [0.2, 0.25) is 5.91 Å². The van der Waals surface area contributed by atoms with Crippen LogP contribution in [0.15, 0.2) is 24.3 Å². The van der Waals surface area contributed by atoms with Crippen LogP contribution in [0.4, 0.5) is 0 Å². The number of carbonyl (C=O) groups is 2. The van der Waals surface area contributed by atoms with Crippen LogP contribution in [0, 0.1) is 5.92 Å². The van der Waals surface area contributed by atoms with Crippen molar-refractivity contribution in [3.05, 3.63) is 34.9 Å². The number of benzene rings is 1. The largest absolute Gasteiger partial charge is 0.341 e. The van der Waals surface area contributed by atoms with Crippen molar-refractivity contribution in [3.63, 3.8) is 0 Å². The fourth-order valence-corrected chi connectivity index (χ4v) is 2.49. The number of rotatable bonds is 8. The molecule has 0 aliphatic carbocycles. The zero-order valence-electron chi connectivity index (χ0n) is 13.2. The van der Waals surface area contributed by atoms with Gasteiger partial charge in [0.1, 0.15) is 0 Å². The molecule has 0 saturated carbocycles. The van der Waals surface area contributed by atoms with E-state index in [1.165, 1.54) is 6.92 Å². The van der Waals surface area contributed by atoms with Crippen LogP contribution >= 0.6 is 11.6 Å². The van der Waals surface area contributed by atoms with Crippen LogP contribution in [0.25, 0.3) is 0 Å². The van der Waals surface area contributed by atoms with Crippen LogP contribution < -0.4 is 5.48 Å². The lowest BCUT2D eigenvalue weighted by atomic mass is 9.94. The standard InChI is InChI=1S/C17H24ClNO3/c1-3-4-5-9-15(17(21)22-19-13(2)20)12-11-14-8-6-7-10-16(14)18/h6-8,10,15H,3-5,9,11-12H2,1-2H3,(H,19,20). The van der Waals surface area contributed by atoms with Gasteiger partial charge < -0.3 is 4.84 Å². The molecule has 0 aliphatic rings. The first-order chi connectivity index (χ1) is 10.5. The van der Waals surface area contributed by atoms with Crippen LogP contribution in [0.2, 0.25) is 5.02 Å². The second kappa shape index (κ2) is 10.2. The highest BCUT2D eigenvalue weighted by molar-refractivity contribution is 6.31. The van der Waals surface area contributed by atoms with Crippen molar-refractivity contribution in [1.82, 2.24) is 5.48 Å². The Bertz CT molecular complexity index is 491. The number of unbranched alkanes of at least 4 members (excludes halogenated alkanes) is 2. The summed E-state index contributed by atoms with van der Waals surface area (Å²) in [5.74, 6) is -0.986. The number of hydroxylamine groups is 1. The predicted octanol–water partition coefficient (Wildman–Crippen LogP) is 4.06. The molecule has 1 aromatic rings. The average molecular weight is 326 g/mol. The molecule has 0 saturated heterocycles. The van der Waals surface area contributed by atoms with Gasteiger partial charge in [0.05, 0.1) is 5.92 Å². The van der Waals surface area contributed by atoms with E-state index in [2.05, 4.69) is 12.4 Å². The number of halogens is 1. The fourth-order valence-electron chi connectivity index (χ4n) is 2.26. The lowest BCUT2D eigenvalue weighted by Gasteiger charge is -2.15. The maximum atomic E-state index is 12.1. The first-order valence-corrected chi connectivity index (χ1v) is 8.13. The Balaban J connectivity index is 2.58. The average Bonchev–Trinajstić information content (AvgIpc) is 2.49. The number of carbonyl (C=O) groups excluding carboxylic acids is 2. The zero-order valence-corrected chi connectivity index (χ0v) is 14.0. The first-order valence-electron chi connectivity index (χ1n) is 7.75. The van der Waals surface area contributed by atoms with E-state index in [4.69, 9.17) is 16.4 Å². The Morgan fingerprint density at radius 3 is 2.59 bits per heavy atom. The van der Waals surface area contributed by atoms with Gasteiger partial charge in [0, 0.05) is 11.9 Å². The Kier molecular flexibility index (Phi) is 8.60. The van der Waals surface area contributed by atoms with Gasteiger partial charge in [-0.3, -0.25) is 4.79 Å². The first kappa shape index (κ1) is 18.5. The molecule has 0 bridgehead atoms. The normalized spacial score (nSPS) is 11.8. The molecule has 1 N–H and O–H groups in total. The Morgan fingerprint density at radius 1 is 1.23 bits per heavy atom. The summed E-state index contributed by atoms with van der Waals surface area (Å²) in [6, 6.07) is 7.63. The van der Waals surface area contributed by atoms with Gasteiger partial charge >= 0.3 is 5.97 Å². The summed E-state index contributed by atoms with van der Waals surface area (Å²) in [6.45, 7) is 3.43. The van der Waals surface area contributed by atoms with Crippen molar-refractivity contribution in [1.29, 1.82) is 0 Å². The van der Waals surface area contributed by atoms with Crippen LogP contribution in [-0.2, 0) is 20.8 Å². The minimum Gasteiger partial charge on any atom is -0.341 e. The molecule has 0 aromatic heterocycles. The molecule has 0 spiro atoms. The fraction of sp³-hybridized carbons (Fsp3) is 0.529. The quantitative estimate of drug-likeness (QED) is 0.579. The predicted molar refractivity (Wildman–Crippen MR) is 87.3 cm³/mol. The molecule has 0 aliphatic heterocycles. The van der Waals surface area contributed by atoms with E-state index in [0.29, 0.717) is 17.9 Å². The van der Waals surface area contributed by atoms with E-state index in [0.717, 1.165) is 31.2 Å². The summed E-state index contributed by atoms with van der Waals surface area (Å²) in [7, 11) is 0. The number of hydrogen-bond donors (Lipinski definition) is 1. The van der Waals surface area contributed by atoms with E-state index in [-0.39, 0.29) is 17.8 Å². The summed E-state index contributed by atoms with van der Waals surface area (Å²) in [5, 5.41) is 0.713. The third-order valence-electron chi connectivity index (χ3n) is 3.50. The van der Waals surface area contributed by atoms with Crippen molar-refractivity contribution in [2.24, 2.45) is 5.92 Å². The molecule has 1 amide bonds. The molecule has 1 rings (SSSR count). The van der Waals surface area contributed by atoms with E-state index in [1.54, 1.807) is 0 Å². The summed E-state index contributed by atoms with van der Waals surface area (Å²) < 4.78 is 0. The van der Waals surface area contributed by atoms with Crippen molar-refractivity contribution in [2.75, 3.05) is 0 Å². The van der Waals surface area contributed by atoms with Gasteiger partial charge in [0.15, 0.2) is 0 Å². The molecule has 0 radical (unpaired) electrons. The number of nitrogens with one attached hydrogen (secondary N) is 1. The van der Waals surface area contributed by atoms with Crippen molar-refractivity contribution in [3.8, 4) is 0 Å². The number of hydrogen-bond acceptors (Lipinski definition) is 3. The lowest BCUT2D eigenvalue weighted by Crippen LogP contribution is -2.29. The molecule has 1 unspecified atom stereocenters. The Morgan fingerprint density at radius 2 is 1.95 bits per heavy atom. The third-order valence-corrected chi connectivity index (χ3v) is 3.87. The highest BCUT2D eigenvalue weighted by Gasteiger charge is 2.21.